The minimum absolute atomic E-state index is 0.210. The van der Waals surface area contributed by atoms with Crippen LogP contribution in [-0.4, -0.2) is 46.7 Å². The summed E-state index contributed by atoms with van der Waals surface area (Å²) in [5, 5.41) is 4.95. The molecule has 9 heteroatoms. The molecule has 0 spiro atoms. The number of pyridine rings is 1. The fourth-order valence-electron chi connectivity index (χ4n) is 3.38. The Kier molecular flexibility index (Phi) is 5.99. The van der Waals surface area contributed by atoms with Gasteiger partial charge in [0.1, 0.15) is 12.4 Å². The molecule has 0 fully saturated rings. The summed E-state index contributed by atoms with van der Waals surface area (Å²) in [6.07, 6.45) is 2.35. The third kappa shape index (κ3) is 4.45. The Morgan fingerprint density at radius 3 is 2.90 bits per heavy atom. The summed E-state index contributed by atoms with van der Waals surface area (Å²) in [6.45, 7) is 2.26. The molecule has 0 saturated heterocycles. The summed E-state index contributed by atoms with van der Waals surface area (Å²) >= 11 is 6.02. The molecule has 7 nitrogen and oxygen atoms in total. The Bertz CT molecular complexity index is 1170. The molecule has 1 aliphatic rings. The summed E-state index contributed by atoms with van der Waals surface area (Å²) in [7, 11) is -1.64. The first kappa shape index (κ1) is 20.7. The number of nitrogens with zero attached hydrogens (tertiary/aromatic N) is 2. The average molecular weight is 447 g/mol. The predicted molar refractivity (Wildman–Crippen MR) is 120 cm³/mol. The first-order valence-electron chi connectivity index (χ1n) is 9.70. The maximum atomic E-state index is 12.6. The van der Waals surface area contributed by atoms with Crippen LogP contribution in [-0.2, 0) is 10.0 Å². The Morgan fingerprint density at radius 2 is 2.03 bits per heavy atom. The van der Waals surface area contributed by atoms with Gasteiger partial charge in [-0.3, -0.25) is 4.98 Å². The van der Waals surface area contributed by atoms with Crippen LogP contribution in [0.15, 0.2) is 53.6 Å². The van der Waals surface area contributed by atoms with Gasteiger partial charge in [-0.15, -0.1) is 0 Å². The van der Waals surface area contributed by atoms with Gasteiger partial charge in [0.25, 0.3) is 0 Å². The van der Waals surface area contributed by atoms with E-state index in [4.69, 9.17) is 16.3 Å². The van der Waals surface area contributed by atoms with Gasteiger partial charge in [0, 0.05) is 48.5 Å². The van der Waals surface area contributed by atoms with E-state index in [0.29, 0.717) is 36.9 Å². The van der Waals surface area contributed by atoms with E-state index in [1.807, 2.05) is 36.2 Å². The lowest BCUT2D eigenvalue weighted by Gasteiger charge is -2.27. The third-order valence-corrected chi connectivity index (χ3v) is 6.70. The minimum Gasteiger partial charge on any atom is -0.490 e. The number of benzene rings is 2. The van der Waals surface area contributed by atoms with Crippen LogP contribution in [0.4, 0.5) is 11.4 Å². The number of ether oxygens (including phenoxy) is 1. The Labute approximate surface area is 181 Å². The molecular weight excluding hydrogens is 424 g/mol. The number of fused-ring (bicyclic) bond motifs is 2. The normalized spacial score (nSPS) is 13.7. The highest BCUT2D eigenvalue weighted by Gasteiger charge is 2.20. The molecule has 1 aromatic heterocycles. The van der Waals surface area contributed by atoms with Gasteiger partial charge in [-0.05, 0) is 42.8 Å². The maximum Gasteiger partial charge on any atom is 0.240 e. The van der Waals surface area contributed by atoms with E-state index in [2.05, 4.69) is 15.0 Å². The lowest BCUT2D eigenvalue weighted by molar-refractivity contribution is 0.310. The molecule has 0 saturated carbocycles. The van der Waals surface area contributed by atoms with Crippen molar-refractivity contribution in [1.29, 1.82) is 0 Å². The number of hydrogen-bond acceptors (Lipinski definition) is 6. The predicted octanol–water partition coefficient (Wildman–Crippen LogP) is 3.50. The van der Waals surface area contributed by atoms with E-state index in [0.717, 1.165) is 28.8 Å². The molecule has 4 rings (SSSR count). The van der Waals surface area contributed by atoms with Crippen LogP contribution in [0.3, 0.4) is 0 Å². The Morgan fingerprint density at radius 1 is 1.17 bits per heavy atom. The number of halogens is 1. The zero-order valence-corrected chi connectivity index (χ0v) is 18.1. The van der Waals surface area contributed by atoms with Crippen molar-refractivity contribution in [2.24, 2.45) is 0 Å². The van der Waals surface area contributed by atoms with E-state index in [9.17, 15) is 8.42 Å². The lowest BCUT2D eigenvalue weighted by Crippen LogP contribution is -2.29. The molecule has 1 aliphatic heterocycles. The first-order chi connectivity index (χ1) is 14.4. The number of sulfonamides is 1. The largest absolute Gasteiger partial charge is 0.490 e. The zero-order valence-electron chi connectivity index (χ0n) is 16.6. The molecule has 30 heavy (non-hydrogen) atoms. The average Bonchev–Trinajstić information content (AvgIpc) is 2.73. The van der Waals surface area contributed by atoms with Gasteiger partial charge < -0.3 is 15.0 Å². The molecule has 2 heterocycles. The molecule has 0 atom stereocenters. The molecule has 2 N–H and O–H groups in total. The van der Waals surface area contributed by atoms with E-state index in [1.54, 1.807) is 24.4 Å². The number of rotatable bonds is 7. The molecule has 0 amide bonds. The quantitative estimate of drug-likeness (QED) is 0.540. The first-order valence-corrected chi connectivity index (χ1v) is 11.6. The number of nitrogens with one attached hydrogen (secondary N) is 2. The van der Waals surface area contributed by atoms with E-state index in [-0.39, 0.29) is 4.90 Å². The number of aromatic nitrogens is 1. The van der Waals surface area contributed by atoms with Gasteiger partial charge in [0.15, 0.2) is 0 Å². The smallest absolute Gasteiger partial charge is 0.240 e. The van der Waals surface area contributed by atoms with Crippen molar-refractivity contribution in [3.8, 4) is 5.75 Å². The second kappa shape index (κ2) is 8.67. The maximum absolute atomic E-state index is 12.6. The van der Waals surface area contributed by atoms with Crippen molar-refractivity contribution in [3.63, 3.8) is 0 Å². The number of hydrogen-bond donors (Lipinski definition) is 2. The second-order valence-corrected chi connectivity index (χ2v) is 9.30. The van der Waals surface area contributed by atoms with Gasteiger partial charge in [0.05, 0.1) is 22.6 Å². The molecule has 3 aromatic rings. The van der Waals surface area contributed by atoms with Crippen LogP contribution < -0.4 is 19.7 Å². The van der Waals surface area contributed by atoms with Crippen LogP contribution in [0.1, 0.15) is 6.42 Å². The van der Waals surface area contributed by atoms with E-state index >= 15 is 0 Å². The van der Waals surface area contributed by atoms with Crippen molar-refractivity contribution < 1.29 is 13.2 Å². The molecule has 2 aromatic carbocycles. The van der Waals surface area contributed by atoms with Crippen molar-refractivity contribution in [2.75, 3.05) is 43.5 Å². The van der Waals surface area contributed by atoms with E-state index in [1.165, 1.54) is 0 Å². The minimum atomic E-state index is -3.60. The number of anilines is 2. The van der Waals surface area contributed by atoms with Crippen molar-refractivity contribution >= 4 is 43.9 Å². The number of likely N-dealkylation sites (N-methyl/N-ethyl adjacent to an activating group) is 1. The van der Waals surface area contributed by atoms with Gasteiger partial charge in [-0.25, -0.2) is 13.1 Å². The highest BCUT2D eigenvalue weighted by Crippen LogP contribution is 2.32. The van der Waals surface area contributed by atoms with Crippen molar-refractivity contribution in [1.82, 2.24) is 9.71 Å². The highest BCUT2D eigenvalue weighted by atomic mass is 35.5. The molecular formula is C21H23ClN4O3S. The fraction of sp³-hybridized carbons (Fsp3) is 0.286. The highest BCUT2D eigenvalue weighted by molar-refractivity contribution is 7.89. The summed E-state index contributed by atoms with van der Waals surface area (Å²) in [5.74, 6) is 0.595. The summed E-state index contributed by atoms with van der Waals surface area (Å²) in [6, 6.07) is 12.4. The van der Waals surface area contributed by atoms with Crippen LogP contribution in [0.5, 0.6) is 5.75 Å². The topological polar surface area (TPSA) is 83.6 Å². The lowest BCUT2D eigenvalue weighted by atomic mass is 10.2. The molecule has 0 bridgehead atoms. The van der Waals surface area contributed by atoms with Gasteiger partial charge in [0.2, 0.25) is 10.0 Å². The van der Waals surface area contributed by atoms with Crippen LogP contribution in [0, 0.1) is 0 Å². The Hall–Kier alpha value is -2.55. The van der Waals surface area contributed by atoms with Crippen LogP contribution >= 0.6 is 11.6 Å². The van der Waals surface area contributed by atoms with Gasteiger partial charge in [-0.1, -0.05) is 11.6 Å². The van der Waals surface area contributed by atoms with Crippen molar-refractivity contribution in [2.45, 2.75) is 11.3 Å². The monoisotopic (exact) mass is 446 g/mol. The Balaban J connectivity index is 1.33. The van der Waals surface area contributed by atoms with Gasteiger partial charge in [-0.2, -0.15) is 0 Å². The third-order valence-electron chi connectivity index (χ3n) is 5.00. The molecule has 158 valence electrons. The zero-order chi connectivity index (χ0) is 21.1. The van der Waals surface area contributed by atoms with Gasteiger partial charge >= 0.3 is 0 Å². The standard InChI is InChI=1S/C21H23ClN4O3S/c1-26-11-12-29-21-14-16(4-6-20(21)26)30(27,28)25-9-2-8-23-18-7-10-24-19-13-15(22)3-5-17(18)19/h3-7,10,13-14,25H,2,8-9,11-12H2,1H3,(H,23,24). The second-order valence-electron chi connectivity index (χ2n) is 7.10. The van der Waals surface area contributed by atoms with E-state index < -0.39 is 10.0 Å². The van der Waals surface area contributed by atoms with Crippen LogP contribution in [0.25, 0.3) is 10.9 Å². The van der Waals surface area contributed by atoms with Crippen molar-refractivity contribution in [3.05, 3.63) is 53.7 Å². The molecule has 0 unspecified atom stereocenters. The SMILES string of the molecule is CN1CCOc2cc(S(=O)(=O)NCCCNc3ccnc4cc(Cl)ccc34)ccc21. The summed E-state index contributed by atoms with van der Waals surface area (Å²) < 4.78 is 33.5. The molecule has 0 aliphatic carbocycles. The molecule has 0 radical (unpaired) electrons. The fourth-order valence-corrected chi connectivity index (χ4v) is 4.64. The summed E-state index contributed by atoms with van der Waals surface area (Å²) in [5.41, 5.74) is 2.65. The summed E-state index contributed by atoms with van der Waals surface area (Å²) in [4.78, 5) is 6.58. The van der Waals surface area contributed by atoms with Crippen LogP contribution in [0.2, 0.25) is 5.02 Å².